The van der Waals surface area contributed by atoms with Crippen LogP contribution < -0.4 is 16.0 Å². The van der Waals surface area contributed by atoms with E-state index in [0.717, 1.165) is 17.7 Å². The lowest BCUT2D eigenvalue weighted by molar-refractivity contribution is -0.125. The monoisotopic (exact) mass is 328 g/mol. The van der Waals surface area contributed by atoms with Crippen molar-refractivity contribution in [3.05, 3.63) is 36.2 Å². The van der Waals surface area contributed by atoms with Crippen molar-refractivity contribution in [2.75, 3.05) is 11.9 Å². The Bertz CT molecular complexity index is 756. The van der Waals surface area contributed by atoms with Gasteiger partial charge in [0.25, 0.3) is 0 Å². The molecule has 126 valence electrons. The fraction of sp³-hybridized carbons (Fsp3) is 0.353. The van der Waals surface area contributed by atoms with Crippen LogP contribution in [-0.4, -0.2) is 29.5 Å². The van der Waals surface area contributed by atoms with E-state index in [-0.39, 0.29) is 11.8 Å². The van der Waals surface area contributed by atoms with E-state index in [0.29, 0.717) is 18.1 Å². The summed E-state index contributed by atoms with van der Waals surface area (Å²) in [7, 11) is 0. The normalized spacial score (nSPS) is 20.3. The van der Waals surface area contributed by atoms with Gasteiger partial charge in [-0.1, -0.05) is 13.0 Å². The summed E-state index contributed by atoms with van der Waals surface area (Å²) in [5.74, 6) is 0.455. The second-order valence-corrected chi connectivity index (χ2v) is 6.01. The predicted molar refractivity (Wildman–Crippen MR) is 89.4 cm³/mol. The van der Waals surface area contributed by atoms with Gasteiger partial charge in [-0.05, 0) is 37.5 Å². The number of hydrogen-bond acceptors (Lipinski definition) is 4. The first-order chi connectivity index (χ1) is 11.5. The number of rotatable bonds is 3. The zero-order chi connectivity index (χ0) is 17.1. The summed E-state index contributed by atoms with van der Waals surface area (Å²) in [4.78, 5) is 28.3. The highest BCUT2D eigenvalue weighted by atomic mass is 16.3. The summed E-state index contributed by atoms with van der Waals surface area (Å²) in [5, 5.41) is 8.24. The number of urea groups is 1. The van der Waals surface area contributed by atoms with Gasteiger partial charge in [0.15, 0.2) is 0 Å². The molecule has 2 heterocycles. The van der Waals surface area contributed by atoms with Crippen LogP contribution in [0.25, 0.3) is 11.5 Å². The van der Waals surface area contributed by atoms with Crippen LogP contribution in [0.3, 0.4) is 0 Å². The van der Waals surface area contributed by atoms with Crippen LogP contribution in [0.4, 0.5) is 10.5 Å². The van der Waals surface area contributed by atoms with Crippen LogP contribution in [0.15, 0.2) is 34.9 Å². The highest BCUT2D eigenvalue weighted by molar-refractivity contribution is 5.94. The molecule has 7 nitrogen and oxygen atoms in total. The molecule has 0 spiro atoms. The standard InChI is InChI=1S/C17H20N4O3/c1-10-6-7-18-15(22)14(10)21-17(23)20-13-5-3-4-12(8-13)16-19-11(2)9-24-16/h3-5,8-10,14H,6-7H2,1-2H3,(H,18,22)(H2,20,21,23)/t10-,14+/m0/s1. The van der Waals surface area contributed by atoms with Crippen molar-refractivity contribution in [2.24, 2.45) is 5.92 Å². The Balaban J connectivity index is 1.67. The summed E-state index contributed by atoms with van der Waals surface area (Å²) in [6.07, 6.45) is 2.42. The smallest absolute Gasteiger partial charge is 0.319 e. The lowest BCUT2D eigenvalue weighted by Crippen LogP contribution is -2.55. The first kappa shape index (κ1) is 16.0. The fourth-order valence-corrected chi connectivity index (χ4v) is 2.69. The van der Waals surface area contributed by atoms with Crippen LogP contribution in [0.1, 0.15) is 19.0 Å². The fourth-order valence-electron chi connectivity index (χ4n) is 2.69. The second kappa shape index (κ2) is 6.74. The highest BCUT2D eigenvalue weighted by Gasteiger charge is 2.30. The van der Waals surface area contributed by atoms with Crippen molar-refractivity contribution < 1.29 is 14.0 Å². The molecule has 0 saturated carbocycles. The van der Waals surface area contributed by atoms with Crippen molar-refractivity contribution in [2.45, 2.75) is 26.3 Å². The Morgan fingerprint density at radius 1 is 1.42 bits per heavy atom. The Hall–Kier alpha value is -2.83. The number of anilines is 1. The summed E-state index contributed by atoms with van der Waals surface area (Å²) >= 11 is 0. The number of carbonyl (C=O) groups is 2. The van der Waals surface area contributed by atoms with Crippen LogP contribution in [0.5, 0.6) is 0 Å². The van der Waals surface area contributed by atoms with E-state index in [2.05, 4.69) is 20.9 Å². The van der Waals surface area contributed by atoms with Crippen molar-refractivity contribution in [1.29, 1.82) is 0 Å². The Kier molecular flexibility index (Phi) is 4.50. The molecule has 0 radical (unpaired) electrons. The van der Waals surface area contributed by atoms with Gasteiger partial charge in [0.2, 0.25) is 11.8 Å². The van der Waals surface area contributed by atoms with Gasteiger partial charge in [0, 0.05) is 17.8 Å². The molecule has 2 atom stereocenters. The van der Waals surface area contributed by atoms with E-state index < -0.39 is 12.1 Å². The van der Waals surface area contributed by atoms with Crippen LogP contribution >= 0.6 is 0 Å². The molecule has 0 bridgehead atoms. The minimum atomic E-state index is -0.517. The van der Waals surface area contributed by atoms with Gasteiger partial charge >= 0.3 is 6.03 Å². The largest absolute Gasteiger partial charge is 0.444 e. The molecular weight excluding hydrogens is 308 g/mol. The molecule has 1 aromatic carbocycles. The lowest BCUT2D eigenvalue weighted by atomic mass is 9.94. The quantitative estimate of drug-likeness (QED) is 0.805. The number of oxazole rings is 1. The third kappa shape index (κ3) is 3.56. The van der Waals surface area contributed by atoms with E-state index in [1.165, 1.54) is 0 Å². The van der Waals surface area contributed by atoms with Crippen molar-refractivity contribution >= 4 is 17.6 Å². The molecular formula is C17H20N4O3. The van der Waals surface area contributed by atoms with Gasteiger partial charge in [-0.2, -0.15) is 0 Å². The number of aryl methyl sites for hydroxylation is 1. The molecule has 24 heavy (non-hydrogen) atoms. The molecule has 1 fully saturated rings. The summed E-state index contributed by atoms with van der Waals surface area (Å²) in [6.45, 7) is 4.45. The summed E-state index contributed by atoms with van der Waals surface area (Å²) in [6, 6.07) is 6.27. The van der Waals surface area contributed by atoms with E-state index in [1.807, 2.05) is 19.9 Å². The van der Waals surface area contributed by atoms with Gasteiger partial charge in [-0.25, -0.2) is 9.78 Å². The van der Waals surface area contributed by atoms with Gasteiger partial charge in [0.05, 0.1) is 5.69 Å². The van der Waals surface area contributed by atoms with Crippen molar-refractivity contribution in [1.82, 2.24) is 15.6 Å². The average molecular weight is 328 g/mol. The number of aromatic nitrogens is 1. The van der Waals surface area contributed by atoms with Gasteiger partial charge in [-0.3, -0.25) is 4.79 Å². The molecule has 1 aliphatic rings. The minimum absolute atomic E-state index is 0.103. The zero-order valence-corrected chi connectivity index (χ0v) is 13.6. The molecule has 0 unspecified atom stereocenters. The molecule has 7 heteroatoms. The van der Waals surface area contributed by atoms with E-state index in [9.17, 15) is 9.59 Å². The lowest BCUT2D eigenvalue weighted by Gasteiger charge is -2.28. The van der Waals surface area contributed by atoms with Gasteiger partial charge in [-0.15, -0.1) is 0 Å². The second-order valence-electron chi connectivity index (χ2n) is 6.01. The number of carbonyl (C=O) groups excluding carboxylic acids is 2. The number of hydrogen-bond donors (Lipinski definition) is 3. The number of nitrogens with one attached hydrogen (secondary N) is 3. The zero-order valence-electron chi connectivity index (χ0n) is 13.6. The van der Waals surface area contributed by atoms with E-state index in [1.54, 1.807) is 24.5 Å². The first-order valence-electron chi connectivity index (χ1n) is 7.91. The molecule has 1 saturated heterocycles. The van der Waals surface area contributed by atoms with Gasteiger partial charge in [0.1, 0.15) is 12.3 Å². The minimum Gasteiger partial charge on any atom is -0.444 e. The molecule has 0 aliphatic carbocycles. The molecule has 3 rings (SSSR count). The highest BCUT2D eigenvalue weighted by Crippen LogP contribution is 2.22. The maximum absolute atomic E-state index is 12.2. The van der Waals surface area contributed by atoms with Crippen molar-refractivity contribution in [3.8, 4) is 11.5 Å². The predicted octanol–water partition coefficient (Wildman–Crippen LogP) is 2.30. The Labute approximate surface area is 139 Å². The number of piperidine rings is 1. The topological polar surface area (TPSA) is 96.3 Å². The Morgan fingerprint density at radius 3 is 2.96 bits per heavy atom. The first-order valence-corrected chi connectivity index (χ1v) is 7.91. The molecule has 2 aromatic rings. The third-order valence-electron chi connectivity index (χ3n) is 4.02. The summed E-state index contributed by atoms with van der Waals surface area (Å²) in [5.41, 5.74) is 2.16. The molecule has 1 aliphatic heterocycles. The van der Waals surface area contributed by atoms with E-state index >= 15 is 0 Å². The SMILES string of the molecule is Cc1coc(-c2cccc(NC(=O)N[C@H]3C(=O)NCC[C@@H]3C)c2)n1. The summed E-state index contributed by atoms with van der Waals surface area (Å²) < 4.78 is 5.37. The number of nitrogens with zero attached hydrogens (tertiary/aromatic N) is 1. The van der Waals surface area contributed by atoms with Crippen LogP contribution in [0.2, 0.25) is 0 Å². The molecule has 3 N–H and O–H groups in total. The van der Waals surface area contributed by atoms with Gasteiger partial charge < -0.3 is 20.4 Å². The Morgan fingerprint density at radius 2 is 2.25 bits per heavy atom. The third-order valence-corrected chi connectivity index (χ3v) is 4.02. The maximum atomic E-state index is 12.2. The van der Waals surface area contributed by atoms with Crippen molar-refractivity contribution in [3.63, 3.8) is 0 Å². The number of amides is 3. The van der Waals surface area contributed by atoms with Crippen LogP contribution in [-0.2, 0) is 4.79 Å². The molecule has 3 amide bonds. The van der Waals surface area contributed by atoms with Crippen LogP contribution in [0, 0.1) is 12.8 Å². The average Bonchev–Trinajstić information content (AvgIpc) is 2.98. The number of benzene rings is 1. The maximum Gasteiger partial charge on any atom is 0.319 e. The molecule has 1 aromatic heterocycles. The van der Waals surface area contributed by atoms with E-state index in [4.69, 9.17) is 4.42 Å².